The number of rotatable bonds is 3. The molecule has 1 saturated carbocycles. The van der Waals surface area contributed by atoms with Crippen molar-refractivity contribution in [2.75, 3.05) is 0 Å². The number of carboxylic acids is 1. The first-order valence-electron chi connectivity index (χ1n) is 5.88. The molecule has 1 fully saturated rings. The summed E-state index contributed by atoms with van der Waals surface area (Å²) < 4.78 is 0. The van der Waals surface area contributed by atoms with Gasteiger partial charge in [0.15, 0.2) is 0 Å². The average molecular weight is 249 g/mol. The molecule has 0 spiro atoms. The van der Waals surface area contributed by atoms with Crippen LogP contribution < -0.4 is 5.32 Å². The molecule has 0 bridgehead atoms. The maximum Gasteiger partial charge on any atom is 0.306 e. The minimum absolute atomic E-state index is 0.0818. The van der Waals surface area contributed by atoms with Crippen molar-refractivity contribution in [2.45, 2.75) is 32.2 Å². The normalized spacial score (nSPS) is 22.7. The molecule has 6 heteroatoms. The minimum Gasteiger partial charge on any atom is -0.481 e. The summed E-state index contributed by atoms with van der Waals surface area (Å²) in [6.07, 6.45) is 4.75. The summed E-state index contributed by atoms with van der Waals surface area (Å²) in [6.45, 7) is 1.79. The smallest absolute Gasteiger partial charge is 0.306 e. The van der Waals surface area contributed by atoms with Gasteiger partial charge in [-0.15, -0.1) is 0 Å². The van der Waals surface area contributed by atoms with Crippen LogP contribution in [-0.4, -0.2) is 33.0 Å². The van der Waals surface area contributed by atoms with Crippen LogP contribution in [0.15, 0.2) is 12.4 Å². The summed E-state index contributed by atoms with van der Waals surface area (Å²) in [4.78, 5) is 30.6. The zero-order valence-corrected chi connectivity index (χ0v) is 10.1. The Labute approximate surface area is 104 Å². The lowest BCUT2D eigenvalue weighted by molar-refractivity contribution is -0.141. The predicted molar refractivity (Wildman–Crippen MR) is 63.0 cm³/mol. The first kappa shape index (κ1) is 12.5. The Balaban J connectivity index is 1.92. The van der Waals surface area contributed by atoms with Crippen LogP contribution in [0, 0.1) is 12.8 Å². The molecule has 1 aliphatic carbocycles. The molecule has 2 N–H and O–H groups in total. The van der Waals surface area contributed by atoms with Gasteiger partial charge in [-0.3, -0.25) is 14.6 Å². The van der Waals surface area contributed by atoms with Crippen molar-refractivity contribution in [3.63, 3.8) is 0 Å². The van der Waals surface area contributed by atoms with Crippen LogP contribution in [0.3, 0.4) is 0 Å². The molecule has 1 aromatic heterocycles. The van der Waals surface area contributed by atoms with E-state index in [4.69, 9.17) is 5.11 Å². The molecule has 2 unspecified atom stereocenters. The van der Waals surface area contributed by atoms with Crippen molar-refractivity contribution in [3.8, 4) is 0 Å². The Morgan fingerprint density at radius 1 is 1.33 bits per heavy atom. The summed E-state index contributed by atoms with van der Waals surface area (Å²) in [5.74, 6) is -1.43. The van der Waals surface area contributed by atoms with Gasteiger partial charge in [-0.05, 0) is 26.2 Å². The second kappa shape index (κ2) is 5.12. The third kappa shape index (κ3) is 2.82. The molecular weight excluding hydrogens is 234 g/mol. The summed E-state index contributed by atoms with van der Waals surface area (Å²) in [5, 5.41) is 11.7. The fraction of sp³-hybridized carbons (Fsp3) is 0.500. The summed E-state index contributed by atoms with van der Waals surface area (Å²) in [7, 11) is 0. The predicted octanol–water partition coefficient (Wildman–Crippen LogP) is 0.768. The third-order valence-corrected chi connectivity index (χ3v) is 3.13. The zero-order valence-electron chi connectivity index (χ0n) is 10.1. The number of hydrogen-bond acceptors (Lipinski definition) is 4. The molecule has 1 heterocycles. The van der Waals surface area contributed by atoms with Crippen LogP contribution in [-0.2, 0) is 4.79 Å². The van der Waals surface area contributed by atoms with Crippen LogP contribution in [0.2, 0.25) is 0 Å². The quantitative estimate of drug-likeness (QED) is 0.825. The van der Waals surface area contributed by atoms with Crippen LogP contribution in [0.5, 0.6) is 0 Å². The number of nitrogens with one attached hydrogen (secondary N) is 1. The number of carboxylic acid groups (broad SMARTS) is 1. The maximum atomic E-state index is 11.8. The average Bonchev–Trinajstić information content (AvgIpc) is 2.78. The Hall–Kier alpha value is -1.98. The van der Waals surface area contributed by atoms with Gasteiger partial charge in [0.2, 0.25) is 0 Å². The van der Waals surface area contributed by atoms with E-state index in [0.717, 1.165) is 5.69 Å². The molecule has 18 heavy (non-hydrogen) atoms. The Morgan fingerprint density at radius 3 is 2.67 bits per heavy atom. The highest BCUT2D eigenvalue weighted by atomic mass is 16.4. The van der Waals surface area contributed by atoms with E-state index in [-0.39, 0.29) is 23.6 Å². The minimum atomic E-state index is -0.790. The van der Waals surface area contributed by atoms with Crippen LogP contribution in [0.25, 0.3) is 0 Å². The molecule has 1 aromatic rings. The summed E-state index contributed by atoms with van der Waals surface area (Å²) >= 11 is 0. The third-order valence-electron chi connectivity index (χ3n) is 3.13. The van der Waals surface area contributed by atoms with E-state index in [1.54, 1.807) is 6.92 Å². The molecule has 6 nitrogen and oxygen atoms in total. The van der Waals surface area contributed by atoms with E-state index in [2.05, 4.69) is 15.3 Å². The van der Waals surface area contributed by atoms with Gasteiger partial charge in [-0.1, -0.05) is 0 Å². The van der Waals surface area contributed by atoms with Gasteiger partial charge >= 0.3 is 5.97 Å². The van der Waals surface area contributed by atoms with Gasteiger partial charge in [-0.2, -0.15) is 0 Å². The lowest BCUT2D eigenvalue weighted by atomic mass is 10.1. The van der Waals surface area contributed by atoms with Gasteiger partial charge in [0.1, 0.15) is 5.69 Å². The maximum absolute atomic E-state index is 11.8. The van der Waals surface area contributed by atoms with E-state index in [9.17, 15) is 9.59 Å². The van der Waals surface area contributed by atoms with Crippen molar-refractivity contribution in [1.82, 2.24) is 15.3 Å². The second-order valence-electron chi connectivity index (χ2n) is 4.56. The SMILES string of the molecule is Cc1cnc(C(=O)NC2CCC(C(=O)O)C2)cn1. The lowest BCUT2D eigenvalue weighted by Gasteiger charge is -2.11. The second-order valence-corrected chi connectivity index (χ2v) is 4.56. The number of carbonyl (C=O) groups is 2. The van der Waals surface area contributed by atoms with Gasteiger partial charge in [0, 0.05) is 12.2 Å². The number of carbonyl (C=O) groups excluding carboxylic acids is 1. The number of amides is 1. The Bertz CT molecular complexity index is 458. The highest BCUT2D eigenvalue weighted by Gasteiger charge is 2.30. The highest BCUT2D eigenvalue weighted by Crippen LogP contribution is 2.25. The number of aryl methyl sites for hydroxylation is 1. The monoisotopic (exact) mass is 249 g/mol. The Morgan fingerprint density at radius 2 is 2.11 bits per heavy atom. The summed E-state index contributed by atoms with van der Waals surface area (Å²) in [5.41, 5.74) is 1.01. The van der Waals surface area contributed by atoms with E-state index < -0.39 is 5.97 Å². The van der Waals surface area contributed by atoms with Crippen LogP contribution >= 0.6 is 0 Å². The molecule has 0 saturated heterocycles. The van der Waals surface area contributed by atoms with E-state index in [1.807, 2.05) is 0 Å². The molecular formula is C12H15N3O3. The molecule has 1 aliphatic rings. The standard InChI is InChI=1S/C12H15N3O3/c1-7-5-14-10(6-13-7)11(16)15-9-3-2-8(4-9)12(17)18/h5-6,8-9H,2-4H2,1H3,(H,15,16)(H,17,18). The van der Waals surface area contributed by atoms with Crippen molar-refractivity contribution in [3.05, 3.63) is 23.8 Å². The van der Waals surface area contributed by atoms with E-state index >= 15 is 0 Å². The molecule has 0 radical (unpaired) electrons. The fourth-order valence-electron chi connectivity index (χ4n) is 2.11. The van der Waals surface area contributed by atoms with Crippen molar-refractivity contribution < 1.29 is 14.7 Å². The topological polar surface area (TPSA) is 92.2 Å². The first-order valence-corrected chi connectivity index (χ1v) is 5.88. The number of hydrogen-bond donors (Lipinski definition) is 2. The van der Waals surface area contributed by atoms with Gasteiger partial charge in [0.25, 0.3) is 5.91 Å². The fourth-order valence-corrected chi connectivity index (χ4v) is 2.11. The van der Waals surface area contributed by atoms with Gasteiger partial charge in [0.05, 0.1) is 17.8 Å². The molecule has 1 amide bonds. The molecule has 0 aliphatic heterocycles. The van der Waals surface area contributed by atoms with Crippen molar-refractivity contribution in [2.24, 2.45) is 5.92 Å². The van der Waals surface area contributed by atoms with Crippen molar-refractivity contribution >= 4 is 11.9 Å². The Kier molecular flexibility index (Phi) is 3.55. The lowest BCUT2D eigenvalue weighted by Crippen LogP contribution is -2.34. The van der Waals surface area contributed by atoms with Gasteiger partial charge in [-0.25, -0.2) is 4.98 Å². The zero-order chi connectivity index (χ0) is 13.1. The largest absolute Gasteiger partial charge is 0.481 e. The van der Waals surface area contributed by atoms with Crippen LogP contribution in [0.4, 0.5) is 0 Å². The molecule has 0 aromatic carbocycles. The van der Waals surface area contributed by atoms with Crippen LogP contribution in [0.1, 0.15) is 35.4 Å². The highest BCUT2D eigenvalue weighted by molar-refractivity contribution is 5.92. The molecule has 96 valence electrons. The van der Waals surface area contributed by atoms with Crippen molar-refractivity contribution in [1.29, 1.82) is 0 Å². The van der Waals surface area contributed by atoms with E-state index in [1.165, 1.54) is 12.4 Å². The number of aliphatic carboxylic acids is 1. The molecule has 2 rings (SSSR count). The van der Waals surface area contributed by atoms with Gasteiger partial charge < -0.3 is 10.4 Å². The number of aromatic nitrogens is 2. The number of nitrogens with zero attached hydrogens (tertiary/aromatic N) is 2. The molecule has 2 atom stereocenters. The summed E-state index contributed by atoms with van der Waals surface area (Å²) in [6, 6.07) is -0.0818. The first-order chi connectivity index (χ1) is 8.56. The van der Waals surface area contributed by atoms with E-state index in [0.29, 0.717) is 19.3 Å².